The van der Waals surface area contributed by atoms with E-state index in [1.54, 1.807) is 6.07 Å². The van der Waals surface area contributed by atoms with Crippen LogP contribution in [0, 0.1) is 6.92 Å². The number of hydrogen-bond donors (Lipinski definition) is 1. The van der Waals surface area contributed by atoms with Crippen molar-refractivity contribution in [2.75, 3.05) is 7.11 Å². The lowest BCUT2D eigenvalue weighted by Crippen LogP contribution is -2.11. The molecule has 1 N–H and O–H groups in total. The first-order chi connectivity index (χ1) is 12.5. The van der Waals surface area contributed by atoms with E-state index in [0.29, 0.717) is 24.3 Å². The zero-order valence-electron chi connectivity index (χ0n) is 14.9. The fourth-order valence-corrected chi connectivity index (χ4v) is 2.11. The summed E-state index contributed by atoms with van der Waals surface area (Å²) in [6.07, 6.45) is 0.571. The van der Waals surface area contributed by atoms with E-state index >= 15 is 0 Å². The van der Waals surface area contributed by atoms with Gasteiger partial charge in [0.1, 0.15) is 18.6 Å². The van der Waals surface area contributed by atoms with Gasteiger partial charge in [0.05, 0.1) is 12.8 Å². The van der Waals surface area contributed by atoms with Crippen molar-refractivity contribution < 1.29 is 24.2 Å². The summed E-state index contributed by atoms with van der Waals surface area (Å²) in [5, 5.41) is 13.3. The zero-order chi connectivity index (χ0) is 18.9. The lowest BCUT2D eigenvalue weighted by Gasteiger charge is -2.11. The summed E-state index contributed by atoms with van der Waals surface area (Å²) in [6.45, 7) is 4.00. The molecule has 26 heavy (non-hydrogen) atoms. The lowest BCUT2D eigenvalue weighted by molar-refractivity contribution is -0.138. The Morgan fingerprint density at radius 2 is 1.92 bits per heavy atom. The molecule has 0 atom stereocenters. The van der Waals surface area contributed by atoms with E-state index in [4.69, 9.17) is 14.7 Å². The molecule has 0 bridgehead atoms. The Kier molecular flexibility index (Phi) is 6.79. The van der Waals surface area contributed by atoms with Gasteiger partial charge >= 0.3 is 5.97 Å². The Hall–Kier alpha value is -3.28. The zero-order valence-corrected chi connectivity index (χ0v) is 14.9. The largest absolute Gasteiger partial charge is 0.511 e. The summed E-state index contributed by atoms with van der Waals surface area (Å²) >= 11 is 0. The average molecular weight is 355 g/mol. The second-order valence-corrected chi connectivity index (χ2v) is 5.50. The SMILES string of the molecule is COC(=O)C(=CO)Oc1cc(C(C)=NOCc2ccccc2)ccc1C. The van der Waals surface area contributed by atoms with Crippen molar-refractivity contribution in [3.8, 4) is 5.75 Å². The third-order valence-electron chi connectivity index (χ3n) is 3.61. The number of hydrogen-bond acceptors (Lipinski definition) is 6. The minimum Gasteiger partial charge on any atom is -0.511 e. The molecule has 136 valence electrons. The molecule has 0 aromatic heterocycles. The van der Waals surface area contributed by atoms with Crippen molar-refractivity contribution in [3.05, 3.63) is 77.2 Å². The topological polar surface area (TPSA) is 77.4 Å². The molecule has 6 heteroatoms. The first kappa shape index (κ1) is 19.1. The van der Waals surface area contributed by atoms with Crippen LogP contribution in [0.4, 0.5) is 0 Å². The van der Waals surface area contributed by atoms with Crippen LogP contribution in [0.5, 0.6) is 5.75 Å². The fraction of sp³-hybridized carbons (Fsp3) is 0.200. The van der Waals surface area contributed by atoms with Gasteiger partial charge in [0, 0.05) is 5.56 Å². The van der Waals surface area contributed by atoms with Crippen LogP contribution in [0.3, 0.4) is 0 Å². The summed E-state index contributed by atoms with van der Waals surface area (Å²) in [7, 11) is 1.21. The smallest absolute Gasteiger partial charge is 0.377 e. The van der Waals surface area contributed by atoms with E-state index in [9.17, 15) is 4.79 Å². The van der Waals surface area contributed by atoms with Crippen LogP contribution >= 0.6 is 0 Å². The molecule has 0 spiro atoms. The molecule has 0 aliphatic carbocycles. The van der Waals surface area contributed by atoms with Crippen molar-refractivity contribution in [2.24, 2.45) is 5.16 Å². The number of aliphatic hydroxyl groups excluding tert-OH is 1. The van der Waals surface area contributed by atoms with Gasteiger partial charge in [-0.1, -0.05) is 47.6 Å². The number of carbonyl (C=O) groups is 1. The fourth-order valence-electron chi connectivity index (χ4n) is 2.11. The first-order valence-corrected chi connectivity index (χ1v) is 7.97. The molecule has 0 saturated carbocycles. The Labute approximate surface area is 152 Å². The summed E-state index contributed by atoms with van der Waals surface area (Å²) in [5.74, 6) is -0.664. The van der Waals surface area contributed by atoms with Crippen LogP contribution in [0.1, 0.15) is 23.6 Å². The Morgan fingerprint density at radius 3 is 2.58 bits per heavy atom. The maximum Gasteiger partial charge on any atom is 0.377 e. The van der Waals surface area contributed by atoms with Crippen LogP contribution in [0.2, 0.25) is 0 Å². The third-order valence-corrected chi connectivity index (χ3v) is 3.61. The van der Waals surface area contributed by atoms with Gasteiger partial charge in [0.25, 0.3) is 0 Å². The number of aliphatic hydroxyl groups is 1. The molecule has 6 nitrogen and oxygen atoms in total. The van der Waals surface area contributed by atoms with Crippen LogP contribution < -0.4 is 4.74 Å². The number of nitrogens with zero attached hydrogens (tertiary/aromatic N) is 1. The van der Waals surface area contributed by atoms with E-state index in [1.165, 1.54) is 7.11 Å². The van der Waals surface area contributed by atoms with E-state index in [2.05, 4.69) is 9.89 Å². The highest BCUT2D eigenvalue weighted by Gasteiger charge is 2.15. The van der Waals surface area contributed by atoms with E-state index in [-0.39, 0.29) is 5.76 Å². The Balaban J connectivity index is 2.12. The number of carbonyl (C=O) groups excluding carboxylic acids is 1. The molecule has 0 unspecified atom stereocenters. The molecular formula is C20H21NO5. The summed E-state index contributed by atoms with van der Waals surface area (Å²) < 4.78 is 10.0. The predicted octanol–water partition coefficient (Wildman–Crippen LogP) is 3.89. The standard InChI is InChI=1S/C20H21NO5/c1-14-9-10-17(11-18(14)26-19(12-22)20(23)24-3)15(2)21-25-13-16-7-5-4-6-8-16/h4-12,22H,13H2,1-3H3. The second kappa shape index (κ2) is 9.27. The maximum absolute atomic E-state index is 11.5. The number of benzene rings is 2. The predicted molar refractivity (Wildman–Crippen MR) is 98.0 cm³/mol. The quantitative estimate of drug-likeness (QED) is 0.268. The van der Waals surface area contributed by atoms with Crippen molar-refractivity contribution in [1.29, 1.82) is 0 Å². The van der Waals surface area contributed by atoms with Crippen LogP contribution in [-0.2, 0) is 21.0 Å². The Morgan fingerprint density at radius 1 is 1.19 bits per heavy atom. The molecule has 0 aliphatic heterocycles. The normalized spacial score (nSPS) is 11.8. The minimum absolute atomic E-state index is 0.303. The van der Waals surface area contributed by atoms with Crippen LogP contribution in [0.25, 0.3) is 0 Å². The van der Waals surface area contributed by atoms with Gasteiger partial charge in [-0.25, -0.2) is 4.79 Å². The molecule has 2 rings (SSSR count). The Bertz CT molecular complexity index is 812. The minimum atomic E-state index is -0.770. The molecule has 0 aliphatic rings. The maximum atomic E-state index is 11.5. The van der Waals surface area contributed by atoms with E-state index in [0.717, 1.165) is 16.7 Å². The highest BCUT2D eigenvalue weighted by atomic mass is 16.6. The van der Waals surface area contributed by atoms with Gasteiger partial charge in [0.15, 0.2) is 0 Å². The van der Waals surface area contributed by atoms with Gasteiger partial charge in [-0.05, 0) is 31.0 Å². The molecule has 0 radical (unpaired) electrons. The number of rotatable bonds is 7. The molecule has 2 aromatic carbocycles. The highest BCUT2D eigenvalue weighted by molar-refractivity contribution is 5.98. The van der Waals surface area contributed by atoms with E-state index in [1.807, 2.05) is 56.3 Å². The average Bonchev–Trinajstić information content (AvgIpc) is 2.67. The van der Waals surface area contributed by atoms with Crippen molar-refractivity contribution in [1.82, 2.24) is 0 Å². The molecule has 0 saturated heterocycles. The monoisotopic (exact) mass is 355 g/mol. The van der Waals surface area contributed by atoms with Crippen LogP contribution in [0.15, 0.2) is 65.7 Å². The number of ether oxygens (including phenoxy) is 2. The van der Waals surface area contributed by atoms with Gasteiger partial charge in [0.2, 0.25) is 5.76 Å². The van der Waals surface area contributed by atoms with Crippen molar-refractivity contribution >= 4 is 11.7 Å². The van der Waals surface area contributed by atoms with Crippen LogP contribution in [-0.4, -0.2) is 23.9 Å². The molecule has 2 aromatic rings. The summed E-state index contributed by atoms with van der Waals surface area (Å²) in [5.41, 5.74) is 3.22. The van der Waals surface area contributed by atoms with Crippen molar-refractivity contribution in [3.63, 3.8) is 0 Å². The molecule has 0 heterocycles. The van der Waals surface area contributed by atoms with Gasteiger partial charge < -0.3 is 19.4 Å². The molecule has 0 fully saturated rings. The molecule has 0 amide bonds. The number of aryl methyl sites for hydroxylation is 1. The third kappa shape index (κ3) is 5.11. The van der Waals surface area contributed by atoms with Gasteiger partial charge in [-0.3, -0.25) is 0 Å². The van der Waals surface area contributed by atoms with Crippen molar-refractivity contribution in [2.45, 2.75) is 20.5 Å². The van der Waals surface area contributed by atoms with E-state index < -0.39 is 5.97 Å². The summed E-state index contributed by atoms with van der Waals surface area (Å²) in [6, 6.07) is 15.1. The highest BCUT2D eigenvalue weighted by Crippen LogP contribution is 2.23. The van der Waals surface area contributed by atoms with Gasteiger partial charge in [-0.2, -0.15) is 0 Å². The number of oxime groups is 1. The number of methoxy groups -OCH3 is 1. The second-order valence-electron chi connectivity index (χ2n) is 5.50. The number of esters is 1. The first-order valence-electron chi connectivity index (χ1n) is 7.97. The lowest BCUT2D eigenvalue weighted by atomic mass is 10.1. The van der Waals surface area contributed by atoms with Gasteiger partial charge in [-0.15, -0.1) is 0 Å². The summed E-state index contributed by atoms with van der Waals surface area (Å²) in [4.78, 5) is 16.9. The molecular weight excluding hydrogens is 334 g/mol.